The molecule has 0 N–H and O–H groups in total. The monoisotopic (exact) mass is 370 g/mol. The van der Waals surface area contributed by atoms with E-state index in [4.69, 9.17) is 0 Å². The maximum Gasteiger partial charge on any atom is 0.0445 e. The molecule has 0 bridgehead atoms. The third kappa shape index (κ3) is 1.22. The van der Waals surface area contributed by atoms with Crippen molar-refractivity contribution < 1.29 is 0 Å². The second kappa shape index (κ2) is 4.19. The molecule has 0 fully saturated rings. The van der Waals surface area contributed by atoms with Crippen LogP contribution in [0.2, 0.25) is 0 Å². The zero-order chi connectivity index (χ0) is 19.4. The molecule has 0 saturated carbocycles. The predicted molar refractivity (Wildman–Crippen MR) is 118 cm³/mol. The van der Waals surface area contributed by atoms with Crippen LogP contribution in [-0.2, 0) is 0 Å². The molecule has 8 rings (SSSR count). The van der Waals surface area contributed by atoms with E-state index in [1.54, 1.807) is 33.4 Å². The maximum atomic E-state index is 2.44. The van der Waals surface area contributed by atoms with E-state index in [9.17, 15) is 0 Å². The highest BCUT2D eigenvalue weighted by Crippen LogP contribution is 2.76. The molecule has 0 nitrogen and oxygen atoms in total. The fourth-order valence-electron chi connectivity index (χ4n) is 8.02. The minimum absolute atomic E-state index is 0.0305. The van der Waals surface area contributed by atoms with E-state index in [-0.39, 0.29) is 5.41 Å². The van der Waals surface area contributed by atoms with Crippen molar-refractivity contribution in [1.82, 2.24) is 0 Å². The highest BCUT2D eigenvalue weighted by Gasteiger charge is 2.66. The molecular formula is C29H22. The van der Waals surface area contributed by atoms with Crippen molar-refractivity contribution in [2.75, 3.05) is 0 Å². The molecule has 0 radical (unpaired) electrons. The molecular weight excluding hydrogens is 348 g/mol. The Balaban J connectivity index is 1.66. The van der Waals surface area contributed by atoms with Gasteiger partial charge in [0.05, 0.1) is 0 Å². The summed E-state index contributed by atoms with van der Waals surface area (Å²) in [6.07, 6.45) is 19.4. The average Bonchev–Trinajstić information content (AvgIpc) is 3.50. The summed E-state index contributed by atoms with van der Waals surface area (Å²) >= 11 is 0. The van der Waals surface area contributed by atoms with E-state index in [2.05, 4.69) is 76.3 Å². The Hall–Kier alpha value is -2.86. The summed E-state index contributed by atoms with van der Waals surface area (Å²) in [5.74, 6) is 0.918. The van der Waals surface area contributed by atoms with Gasteiger partial charge in [0, 0.05) is 17.3 Å². The summed E-state index contributed by atoms with van der Waals surface area (Å²) in [5, 5.41) is 0. The second-order valence-corrected chi connectivity index (χ2v) is 9.79. The van der Waals surface area contributed by atoms with Crippen molar-refractivity contribution in [3.63, 3.8) is 0 Å². The van der Waals surface area contributed by atoms with Gasteiger partial charge in [0.1, 0.15) is 0 Å². The van der Waals surface area contributed by atoms with Crippen molar-refractivity contribution in [2.24, 2.45) is 17.3 Å². The topological polar surface area (TPSA) is 0 Å². The van der Waals surface area contributed by atoms with E-state index in [0.29, 0.717) is 11.8 Å². The zero-order valence-electron chi connectivity index (χ0n) is 17.3. The lowest BCUT2D eigenvalue weighted by atomic mass is 9.42. The molecule has 0 heteroatoms. The Labute approximate surface area is 171 Å². The van der Waals surface area contributed by atoms with Crippen molar-refractivity contribution in [3.05, 3.63) is 127 Å². The Bertz CT molecular complexity index is 1300. The Morgan fingerprint density at radius 2 is 0.966 bits per heavy atom. The van der Waals surface area contributed by atoms with E-state index in [0.717, 1.165) is 0 Å². The largest absolute Gasteiger partial charge is 0.0578 e. The van der Waals surface area contributed by atoms with E-state index < -0.39 is 0 Å². The van der Waals surface area contributed by atoms with Crippen LogP contribution in [0.4, 0.5) is 0 Å². The van der Waals surface area contributed by atoms with Crippen molar-refractivity contribution in [1.29, 1.82) is 0 Å². The molecule has 8 aliphatic carbocycles. The van der Waals surface area contributed by atoms with Gasteiger partial charge in [-0.15, -0.1) is 0 Å². The molecule has 8 aliphatic rings. The summed E-state index contributed by atoms with van der Waals surface area (Å²) in [6.45, 7) is 9.42. The van der Waals surface area contributed by atoms with E-state index in [1.807, 2.05) is 0 Å². The van der Waals surface area contributed by atoms with Crippen LogP contribution in [-0.4, -0.2) is 0 Å². The van der Waals surface area contributed by atoms with Gasteiger partial charge in [0.15, 0.2) is 0 Å². The Kier molecular flexibility index (Phi) is 2.17. The lowest BCUT2D eigenvalue weighted by Gasteiger charge is -2.59. The normalized spacial score (nSPS) is 36.3. The lowest BCUT2D eigenvalue weighted by molar-refractivity contribution is 0.261. The quantitative estimate of drug-likeness (QED) is 0.445. The number of allylic oxidation sites excluding steroid dienone is 22. The molecule has 138 valence electrons. The molecule has 0 aliphatic heterocycles. The lowest BCUT2D eigenvalue weighted by Crippen LogP contribution is -2.51. The first kappa shape index (κ1) is 15.0. The molecule has 0 heterocycles. The van der Waals surface area contributed by atoms with Crippen LogP contribution in [0.3, 0.4) is 0 Å². The molecule has 0 unspecified atom stereocenters. The molecule has 0 aromatic carbocycles. The molecule has 29 heavy (non-hydrogen) atoms. The summed E-state index contributed by atoms with van der Waals surface area (Å²) in [6, 6.07) is 0. The SMILES string of the molecule is CC1=C2C=CC3=C2C24C5=C(C=CC5=C(C)C5=CC=C1C52)C(C)=C1C=CC(=C3C)C14. The van der Waals surface area contributed by atoms with Gasteiger partial charge in [-0.25, -0.2) is 0 Å². The van der Waals surface area contributed by atoms with Crippen LogP contribution < -0.4 is 0 Å². The Morgan fingerprint density at radius 1 is 0.517 bits per heavy atom. The number of hydrogen-bond acceptors (Lipinski definition) is 0. The Morgan fingerprint density at radius 3 is 1.45 bits per heavy atom. The maximum absolute atomic E-state index is 2.44. The molecule has 0 aromatic heterocycles. The molecule has 0 saturated heterocycles. The van der Waals surface area contributed by atoms with Gasteiger partial charge >= 0.3 is 0 Å². The molecule has 0 aromatic rings. The molecule has 0 amide bonds. The highest BCUT2D eigenvalue weighted by atomic mass is 14.7. The van der Waals surface area contributed by atoms with Crippen LogP contribution in [0.25, 0.3) is 0 Å². The molecule has 1 spiro atoms. The van der Waals surface area contributed by atoms with Crippen LogP contribution in [0, 0.1) is 17.3 Å². The third-order valence-corrected chi connectivity index (χ3v) is 9.13. The average molecular weight is 370 g/mol. The standard InChI is InChI=1S/C29H22/c1-13-17-5-7-19-14(2)21-9-11-23-16(4)24-12-10-22-15(3)20-8-6-18(13)26(20)29(25(17)19,27(21)23)28(22)24/h5-12,25,28H,1-4H3. The van der Waals surface area contributed by atoms with Gasteiger partial charge in [-0.05, 0) is 106 Å². The third-order valence-electron chi connectivity index (χ3n) is 9.13. The summed E-state index contributed by atoms with van der Waals surface area (Å²) < 4.78 is 0. The smallest absolute Gasteiger partial charge is 0.0445 e. The zero-order valence-corrected chi connectivity index (χ0v) is 17.3. The highest BCUT2D eigenvalue weighted by molar-refractivity contribution is 5.87. The van der Waals surface area contributed by atoms with Crippen molar-refractivity contribution in [2.45, 2.75) is 27.7 Å². The minimum atomic E-state index is 0.0305. The van der Waals surface area contributed by atoms with Gasteiger partial charge in [-0.1, -0.05) is 48.6 Å². The van der Waals surface area contributed by atoms with Gasteiger partial charge < -0.3 is 0 Å². The van der Waals surface area contributed by atoms with Gasteiger partial charge in [-0.3, -0.25) is 0 Å². The van der Waals surface area contributed by atoms with Gasteiger partial charge in [-0.2, -0.15) is 0 Å². The van der Waals surface area contributed by atoms with E-state index >= 15 is 0 Å². The predicted octanol–water partition coefficient (Wildman–Crippen LogP) is 6.69. The van der Waals surface area contributed by atoms with Gasteiger partial charge in [0.25, 0.3) is 0 Å². The van der Waals surface area contributed by atoms with Crippen LogP contribution in [0.1, 0.15) is 27.7 Å². The fraction of sp³-hybridized carbons (Fsp3) is 0.241. The van der Waals surface area contributed by atoms with Crippen LogP contribution in [0.5, 0.6) is 0 Å². The van der Waals surface area contributed by atoms with Crippen molar-refractivity contribution >= 4 is 0 Å². The first-order valence-electron chi connectivity index (χ1n) is 10.9. The fourth-order valence-corrected chi connectivity index (χ4v) is 8.02. The minimum Gasteiger partial charge on any atom is -0.0578 e. The summed E-state index contributed by atoms with van der Waals surface area (Å²) in [7, 11) is 0. The number of rotatable bonds is 0. The van der Waals surface area contributed by atoms with Crippen LogP contribution >= 0.6 is 0 Å². The first-order valence-corrected chi connectivity index (χ1v) is 10.9. The van der Waals surface area contributed by atoms with Crippen LogP contribution in [0.15, 0.2) is 127 Å². The second-order valence-electron chi connectivity index (χ2n) is 9.79. The van der Waals surface area contributed by atoms with E-state index in [1.165, 1.54) is 44.6 Å². The van der Waals surface area contributed by atoms with Crippen molar-refractivity contribution in [3.8, 4) is 0 Å². The summed E-state index contributed by atoms with van der Waals surface area (Å²) in [4.78, 5) is 0. The van der Waals surface area contributed by atoms with Gasteiger partial charge in [0.2, 0.25) is 0 Å². The number of hydrogen-bond donors (Lipinski definition) is 0. The summed E-state index contributed by atoms with van der Waals surface area (Å²) in [5.41, 5.74) is 21.5. The molecule has 0 atom stereocenters. The first-order chi connectivity index (χ1) is 14.1.